The number of hydrogen-bond acceptors (Lipinski definition) is 4. The van der Waals surface area contributed by atoms with E-state index in [0.29, 0.717) is 5.13 Å². The molecule has 0 spiro atoms. The standard InChI is InChI=1S/C17H16N2OS2/c1-10-5-4-8-14-15(10)18-17(22-14)19-16(20)12-9-21-13-7-3-2-6-11(12)13/h4-5,8-9H,2-3,6-7H2,1H3,(H,18,19,20). The van der Waals surface area contributed by atoms with Crippen molar-refractivity contribution in [2.45, 2.75) is 32.6 Å². The zero-order valence-electron chi connectivity index (χ0n) is 12.3. The van der Waals surface area contributed by atoms with Crippen LogP contribution in [0.3, 0.4) is 0 Å². The minimum absolute atomic E-state index is 0.0175. The highest BCUT2D eigenvalue weighted by atomic mass is 32.1. The highest BCUT2D eigenvalue weighted by molar-refractivity contribution is 7.22. The number of nitrogens with zero attached hydrogens (tertiary/aromatic N) is 1. The van der Waals surface area contributed by atoms with Gasteiger partial charge in [-0.1, -0.05) is 23.5 Å². The third-order valence-corrected chi connectivity index (χ3v) is 6.17. The summed E-state index contributed by atoms with van der Waals surface area (Å²) in [7, 11) is 0. The molecule has 112 valence electrons. The van der Waals surface area contributed by atoms with Gasteiger partial charge in [0.2, 0.25) is 0 Å². The Bertz CT molecular complexity index is 863. The molecular weight excluding hydrogens is 312 g/mol. The maximum absolute atomic E-state index is 12.6. The number of hydrogen-bond donors (Lipinski definition) is 1. The largest absolute Gasteiger partial charge is 0.298 e. The summed E-state index contributed by atoms with van der Waals surface area (Å²) in [4.78, 5) is 18.5. The number of thiophene rings is 1. The molecule has 4 rings (SSSR count). The summed E-state index contributed by atoms with van der Waals surface area (Å²) < 4.78 is 1.11. The van der Waals surface area contributed by atoms with Gasteiger partial charge in [0, 0.05) is 10.3 Å². The minimum Gasteiger partial charge on any atom is -0.298 e. The van der Waals surface area contributed by atoms with E-state index in [-0.39, 0.29) is 5.91 Å². The van der Waals surface area contributed by atoms with Crippen molar-refractivity contribution in [1.82, 2.24) is 4.98 Å². The van der Waals surface area contributed by atoms with E-state index in [9.17, 15) is 4.79 Å². The van der Waals surface area contributed by atoms with Gasteiger partial charge in [0.1, 0.15) is 0 Å². The summed E-state index contributed by atoms with van der Waals surface area (Å²) in [6, 6.07) is 6.11. The molecule has 3 nitrogen and oxygen atoms in total. The zero-order valence-corrected chi connectivity index (χ0v) is 13.9. The van der Waals surface area contributed by atoms with Gasteiger partial charge < -0.3 is 0 Å². The molecule has 1 aliphatic rings. The summed E-state index contributed by atoms with van der Waals surface area (Å²) >= 11 is 3.26. The molecule has 0 radical (unpaired) electrons. The van der Waals surface area contributed by atoms with Crippen LogP contribution in [-0.2, 0) is 12.8 Å². The highest BCUT2D eigenvalue weighted by Crippen LogP contribution is 2.32. The van der Waals surface area contributed by atoms with Gasteiger partial charge in [-0.3, -0.25) is 10.1 Å². The Morgan fingerprint density at radius 3 is 3.00 bits per heavy atom. The molecule has 2 aromatic heterocycles. The van der Waals surface area contributed by atoms with E-state index in [0.717, 1.165) is 34.2 Å². The topological polar surface area (TPSA) is 42.0 Å². The lowest BCUT2D eigenvalue weighted by Gasteiger charge is -2.12. The first-order valence-electron chi connectivity index (χ1n) is 7.49. The molecule has 0 unspecified atom stereocenters. The van der Waals surface area contributed by atoms with Crippen molar-refractivity contribution >= 4 is 43.9 Å². The molecule has 0 aliphatic heterocycles. The predicted octanol–water partition coefficient (Wildman–Crippen LogP) is 4.80. The second-order valence-electron chi connectivity index (χ2n) is 5.65. The molecule has 1 aliphatic carbocycles. The number of benzene rings is 1. The highest BCUT2D eigenvalue weighted by Gasteiger charge is 2.21. The number of amides is 1. The SMILES string of the molecule is Cc1cccc2sc(NC(=O)c3csc4c3CCCC4)nc12. The van der Waals surface area contributed by atoms with Gasteiger partial charge in [0.05, 0.1) is 15.8 Å². The average Bonchev–Trinajstić information content (AvgIpc) is 3.11. The quantitative estimate of drug-likeness (QED) is 0.734. The number of aryl methyl sites for hydroxylation is 2. The van der Waals surface area contributed by atoms with Crippen molar-refractivity contribution in [3.63, 3.8) is 0 Å². The van der Waals surface area contributed by atoms with Crippen LogP contribution < -0.4 is 5.32 Å². The minimum atomic E-state index is -0.0175. The van der Waals surface area contributed by atoms with Crippen LogP contribution in [0.2, 0.25) is 0 Å². The Balaban J connectivity index is 1.63. The lowest BCUT2D eigenvalue weighted by molar-refractivity contribution is 0.102. The summed E-state index contributed by atoms with van der Waals surface area (Å²) in [5.41, 5.74) is 4.22. The Hall–Kier alpha value is -1.72. The number of carbonyl (C=O) groups excluding carboxylic acids is 1. The number of rotatable bonds is 2. The fourth-order valence-electron chi connectivity index (χ4n) is 2.99. The molecule has 0 bridgehead atoms. The number of carbonyl (C=O) groups is 1. The van der Waals surface area contributed by atoms with Gasteiger partial charge in [-0.05, 0) is 49.8 Å². The monoisotopic (exact) mass is 328 g/mol. The maximum atomic E-state index is 12.6. The number of nitrogens with one attached hydrogen (secondary N) is 1. The second-order valence-corrected chi connectivity index (χ2v) is 7.65. The predicted molar refractivity (Wildman–Crippen MR) is 93.3 cm³/mol. The molecule has 2 heterocycles. The molecule has 0 saturated heterocycles. The first kappa shape index (κ1) is 13.9. The Labute approximate surface area is 137 Å². The van der Waals surface area contributed by atoms with Crippen molar-refractivity contribution in [2.75, 3.05) is 5.32 Å². The normalized spacial score (nSPS) is 14.0. The average molecular weight is 328 g/mol. The van der Waals surface area contributed by atoms with Crippen LogP contribution in [0.5, 0.6) is 0 Å². The van der Waals surface area contributed by atoms with Crippen LogP contribution in [0, 0.1) is 6.92 Å². The Morgan fingerprint density at radius 1 is 1.27 bits per heavy atom. The molecule has 3 aromatic rings. The molecule has 1 amide bonds. The lowest BCUT2D eigenvalue weighted by Crippen LogP contribution is -2.14. The first-order valence-corrected chi connectivity index (χ1v) is 9.19. The van der Waals surface area contributed by atoms with Gasteiger partial charge in [0.15, 0.2) is 5.13 Å². The van der Waals surface area contributed by atoms with E-state index in [1.165, 1.54) is 34.6 Å². The molecule has 1 aromatic carbocycles. The molecule has 5 heteroatoms. The van der Waals surface area contributed by atoms with Crippen molar-refractivity contribution < 1.29 is 4.79 Å². The fraction of sp³-hybridized carbons (Fsp3) is 0.294. The van der Waals surface area contributed by atoms with Gasteiger partial charge in [0.25, 0.3) is 5.91 Å². The molecule has 0 fully saturated rings. The van der Waals surface area contributed by atoms with Gasteiger partial charge >= 0.3 is 0 Å². The summed E-state index contributed by atoms with van der Waals surface area (Å²) in [6.07, 6.45) is 4.57. The second kappa shape index (κ2) is 5.48. The van der Waals surface area contributed by atoms with Crippen molar-refractivity contribution in [1.29, 1.82) is 0 Å². The van der Waals surface area contributed by atoms with Crippen LogP contribution in [0.25, 0.3) is 10.2 Å². The molecule has 0 atom stereocenters. The Kier molecular flexibility index (Phi) is 3.47. The van der Waals surface area contributed by atoms with E-state index in [1.807, 2.05) is 30.5 Å². The lowest BCUT2D eigenvalue weighted by atomic mass is 9.96. The van der Waals surface area contributed by atoms with Crippen LogP contribution in [0.1, 0.15) is 39.2 Å². The molecular formula is C17H16N2OS2. The van der Waals surface area contributed by atoms with Gasteiger partial charge in [-0.2, -0.15) is 0 Å². The first-order chi connectivity index (χ1) is 10.7. The fourth-order valence-corrected chi connectivity index (χ4v) is 5.05. The van der Waals surface area contributed by atoms with Crippen molar-refractivity contribution in [3.05, 3.63) is 45.1 Å². The van der Waals surface area contributed by atoms with Crippen LogP contribution in [0.4, 0.5) is 5.13 Å². The molecule has 1 N–H and O–H groups in total. The van der Waals surface area contributed by atoms with Crippen LogP contribution >= 0.6 is 22.7 Å². The summed E-state index contributed by atoms with van der Waals surface area (Å²) in [5.74, 6) is -0.0175. The number of aromatic nitrogens is 1. The number of para-hydroxylation sites is 1. The molecule has 22 heavy (non-hydrogen) atoms. The van der Waals surface area contributed by atoms with E-state index in [4.69, 9.17) is 0 Å². The summed E-state index contributed by atoms with van der Waals surface area (Å²) in [6.45, 7) is 2.04. The molecule has 0 saturated carbocycles. The van der Waals surface area contributed by atoms with E-state index in [2.05, 4.69) is 10.3 Å². The zero-order chi connectivity index (χ0) is 15.1. The Morgan fingerprint density at radius 2 is 2.14 bits per heavy atom. The summed E-state index contributed by atoms with van der Waals surface area (Å²) in [5, 5.41) is 5.68. The van der Waals surface area contributed by atoms with E-state index in [1.54, 1.807) is 11.3 Å². The van der Waals surface area contributed by atoms with E-state index < -0.39 is 0 Å². The number of thiazole rings is 1. The third-order valence-electron chi connectivity index (χ3n) is 4.15. The number of anilines is 1. The van der Waals surface area contributed by atoms with E-state index >= 15 is 0 Å². The van der Waals surface area contributed by atoms with Gasteiger partial charge in [-0.25, -0.2) is 4.98 Å². The third kappa shape index (κ3) is 2.34. The van der Waals surface area contributed by atoms with Crippen molar-refractivity contribution in [2.24, 2.45) is 0 Å². The van der Waals surface area contributed by atoms with Crippen LogP contribution in [-0.4, -0.2) is 10.9 Å². The van der Waals surface area contributed by atoms with Crippen molar-refractivity contribution in [3.8, 4) is 0 Å². The number of fused-ring (bicyclic) bond motifs is 2. The van der Waals surface area contributed by atoms with Gasteiger partial charge in [-0.15, -0.1) is 11.3 Å². The smallest absolute Gasteiger partial charge is 0.258 e. The van der Waals surface area contributed by atoms with Crippen LogP contribution in [0.15, 0.2) is 23.6 Å². The maximum Gasteiger partial charge on any atom is 0.258 e.